The quantitative estimate of drug-likeness (QED) is 0.642. The van der Waals surface area contributed by atoms with Crippen LogP contribution in [0.5, 0.6) is 0 Å². The first-order valence-electron chi connectivity index (χ1n) is 4.83. The van der Waals surface area contributed by atoms with Gasteiger partial charge < -0.3 is 5.11 Å². The minimum atomic E-state index is -3.82. The molecule has 0 saturated heterocycles. The lowest BCUT2D eigenvalue weighted by molar-refractivity contribution is 0.231. The van der Waals surface area contributed by atoms with Crippen LogP contribution in [0.15, 0.2) is 0 Å². The topological polar surface area (TPSA) is 74.6 Å². The molecule has 0 spiro atoms. The van der Waals surface area contributed by atoms with Crippen LogP contribution < -0.4 is 0 Å². The molecule has 4 nitrogen and oxygen atoms in total. The Morgan fingerprint density at radius 2 is 1.64 bits per heavy atom. The van der Waals surface area contributed by atoms with E-state index in [-0.39, 0.29) is 17.8 Å². The van der Waals surface area contributed by atoms with Gasteiger partial charge >= 0.3 is 0 Å². The zero-order valence-electron chi connectivity index (χ0n) is 8.86. The van der Waals surface area contributed by atoms with Gasteiger partial charge in [0.15, 0.2) is 0 Å². The summed E-state index contributed by atoms with van der Waals surface area (Å²) in [6, 6.07) is 0. The van der Waals surface area contributed by atoms with Gasteiger partial charge in [0.2, 0.25) is 0 Å². The number of hydrogen-bond acceptors (Lipinski definition) is 3. The summed E-state index contributed by atoms with van der Waals surface area (Å²) in [6.07, 6.45) is 2.82. The standard InChI is InChI=1S/C9H20O4S/c1-9(2,5-3-7-10)6-4-8-14(11,12)13/h10H,3-8H2,1-2H3,(H,11,12,13). The monoisotopic (exact) mass is 224 g/mol. The second-order valence-electron chi connectivity index (χ2n) is 4.38. The van der Waals surface area contributed by atoms with E-state index in [1.165, 1.54) is 0 Å². The number of aliphatic hydroxyl groups excluding tert-OH is 1. The fraction of sp³-hybridized carbons (Fsp3) is 1.00. The molecule has 0 aromatic heterocycles. The van der Waals surface area contributed by atoms with Crippen LogP contribution in [0, 0.1) is 5.41 Å². The molecule has 0 amide bonds. The lowest BCUT2D eigenvalue weighted by atomic mass is 9.83. The smallest absolute Gasteiger partial charge is 0.264 e. The van der Waals surface area contributed by atoms with Crippen molar-refractivity contribution < 1.29 is 18.1 Å². The van der Waals surface area contributed by atoms with Gasteiger partial charge in [0, 0.05) is 6.61 Å². The number of rotatable bonds is 7. The van der Waals surface area contributed by atoms with Gasteiger partial charge in [0.25, 0.3) is 10.1 Å². The van der Waals surface area contributed by atoms with Crippen molar-refractivity contribution in [1.29, 1.82) is 0 Å². The van der Waals surface area contributed by atoms with Gasteiger partial charge in [-0.05, 0) is 31.1 Å². The summed E-state index contributed by atoms with van der Waals surface area (Å²) < 4.78 is 29.4. The van der Waals surface area contributed by atoms with Crippen LogP contribution >= 0.6 is 0 Å². The Bertz CT molecular complexity index is 244. The summed E-state index contributed by atoms with van der Waals surface area (Å²) in [4.78, 5) is 0. The molecule has 0 aromatic carbocycles. The van der Waals surface area contributed by atoms with Crippen molar-refractivity contribution in [3.05, 3.63) is 0 Å². The van der Waals surface area contributed by atoms with Crippen LogP contribution in [0.4, 0.5) is 0 Å². The van der Waals surface area contributed by atoms with Crippen LogP contribution in [0.25, 0.3) is 0 Å². The second-order valence-corrected chi connectivity index (χ2v) is 5.95. The van der Waals surface area contributed by atoms with E-state index < -0.39 is 10.1 Å². The summed E-state index contributed by atoms with van der Waals surface area (Å²) >= 11 is 0. The molecule has 14 heavy (non-hydrogen) atoms. The van der Waals surface area contributed by atoms with E-state index in [0.717, 1.165) is 19.3 Å². The maximum Gasteiger partial charge on any atom is 0.264 e. The van der Waals surface area contributed by atoms with E-state index in [0.29, 0.717) is 6.42 Å². The maximum atomic E-state index is 10.4. The molecular weight excluding hydrogens is 204 g/mol. The molecule has 0 unspecified atom stereocenters. The lowest BCUT2D eigenvalue weighted by Gasteiger charge is -2.23. The molecule has 0 heterocycles. The molecule has 0 bridgehead atoms. The normalized spacial score (nSPS) is 13.1. The van der Waals surface area contributed by atoms with Crippen molar-refractivity contribution in [1.82, 2.24) is 0 Å². The number of hydrogen-bond donors (Lipinski definition) is 2. The Labute approximate surface area is 86.1 Å². The third-order valence-corrected chi connectivity index (χ3v) is 3.07. The van der Waals surface area contributed by atoms with Crippen LogP contribution in [0.1, 0.15) is 39.5 Å². The Morgan fingerprint density at radius 1 is 1.14 bits per heavy atom. The predicted molar refractivity (Wildman–Crippen MR) is 55.8 cm³/mol. The van der Waals surface area contributed by atoms with Gasteiger partial charge in [0.05, 0.1) is 5.75 Å². The molecule has 0 aliphatic rings. The van der Waals surface area contributed by atoms with Gasteiger partial charge in [-0.15, -0.1) is 0 Å². The summed E-state index contributed by atoms with van der Waals surface area (Å²) in [5.74, 6) is -0.171. The summed E-state index contributed by atoms with van der Waals surface area (Å²) in [5, 5.41) is 8.65. The zero-order valence-corrected chi connectivity index (χ0v) is 9.68. The molecule has 0 rings (SSSR count). The zero-order chi connectivity index (χ0) is 11.2. The Morgan fingerprint density at radius 3 is 2.07 bits per heavy atom. The average Bonchev–Trinajstić information content (AvgIpc) is 1.98. The van der Waals surface area contributed by atoms with Crippen LogP contribution in [0.2, 0.25) is 0 Å². The van der Waals surface area contributed by atoms with Crippen LogP contribution in [-0.2, 0) is 10.1 Å². The predicted octanol–water partition coefficient (Wildman–Crippen LogP) is 1.45. The highest BCUT2D eigenvalue weighted by molar-refractivity contribution is 7.85. The van der Waals surface area contributed by atoms with Crippen molar-refractivity contribution in [3.63, 3.8) is 0 Å². The molecular formula is C9H20O4S. The van der Waals surface area contributed by atoms with E-state index in [1.54, 1.807) is 0 Å². The molecule has 5 heteroatoms. The molecule has 0 aliphatic carbocycles. The van der Waals surface area contributed by atoms with Crippen molar-refractivity contribution >= 4 is 10.1 Å². The van der Waals surface area contributed by atoms with E-state index in [4.69, 9.17) is 9.66 Å². The Balaban J connectivity index is 3.76. The minimum Gasteiger partial charge on any atom is -0.396 e. The highest BCUT2D eigenvalue weighted by atomic mass is 32.2. The Kier molecular flexibility index (Phi) is 5.63. The van der Waals surface area contributed by atoms with Crippen LogP contribution in [0.3, 0.4) is 0 Å². The molecule has 0 radical (unpaired) electrons. The van der Waals surface area contributed by atoms with Crippen LogP contribution in [-0.4, -0.2) is 30.4 Å². The van der Waals surface area contributed by atoms with Gasteiger partial charge in [-0.1, -0.05) is 13.8 Å². The van der Waals surface area contributed by atoms with Gasteiger partial charge in [0.1, 0.15) is 0 Å². The van der Waals surface area contributed by atoms with Crippen molar-refractivity contribution in [2.24, 2.45) is 5.41 Å². The molecule has 0 fully saturated rings. The molecule has 2 N–H and O–H groups in total. The average molecular weight is 224 g/mol. The Hall–Kier alpha value is -0.130. The third kappa shape index (κ3) is 8.47. The SMILES string of the molecule is CC(C)(CCCO)CCCS(=O)(=O)O. The minimum absolute atomic E-state index is 0.0351. The molecule has 0 atom stereocenters. The summed E-state index contributed by atoms with van der Waals surface area (Å²) in [6.45, 7) is 4.24. The molecule has 86 valence electrons. The highest BCUT2D eigenvalue weighted by Crippen LogP contribution is 2.28. The van der Waals surface area contributed by atoms with E-state index in [1.807, 2.05) is 13.8 Å². The maximum absolute atomic E-state index is 10.4. The van der Waals surface area contributed by atoms with E-state index in [9.17, 15) is 8.42 Å². The fourth-order valence-corrected chi connectivity index (χ4v) is 1.92. The largest absolute Gasteiger partial charge is 0.396 e. The molecule has 0 saturated carbocycles. The summed E-state index contributed by atoms with van der Waals surface area (Å²) in [5.41, 5.74) is 0.0351. The van der Waals surface area contributed by atoms with Crippen molar-refractivity contribution in [3.8, 4) is 0 Å². The second kappa shape index (κ2) is 5.68. The van der Waals surface area contributed by atoms with Crippen molar-refractivity contribution in [2.45, 2.75) is 39.5 Å². The number of aliphatic hydroxyl groups is 1. The van der Waals surface area contributed by atoms with Crippen molar-refractivity contribution in [2.75, 3.05) is 12.4 Å². The van der Waals surface area contributed by atoms with Gasteiger partial charge in [-0.25, -0.2) is 0 Å². The first-order chi connectivity index (χ1) is 6.27. The van der Waals surface area contributed by atoms with Gasteiger partial charge in [-0.2, -0.15) is 8.42 Å². The third-order valence-electron chi connectivity index (χ3n) is 2.27. The molecule has 0 aliphatic heterocycles. The first kappa shape index (κ1) is 13.9. The van der Waals surface area contributed by atoms with E-state index in [2.05, 4.69) is 0 Å². The van der Waals surface area contributed by atoms with E-state index >= 15 is 0 Å². The fourth-order valence-electron chi connectivity index (χ4n) is 1.42. The summed E-state index contributed by atoms with van der Waals surface area (Å²) in [7, 11) is -3.82. The highest BCUT2D eigenvalue weighted by Gasteiger charge is 2.18. The van der Waals surface area contributed by atoms with Gasteiger partial charge in [-0.3, -0.25) is 4.55 Å². The first-order valence-corrected chi connectivity index (χ1v) is 6.44. The molecule has 0 aromatic rings. The lowest BCUT2D eigenvalue weighted by Crippen LogP contribution is -2.14.